The van der Waals surface area contributed by atoms with Gasteiger partial charge in [0.1, 0.15) is 23.3 Å². The molecule has 0 heterocycles. The van der Waals surface area contributed by atoms with Crippen LogP contribution >= 0.6 is 0 Å². The van der Waals surface area contributed by atoms with Crippen molar-refractivity contribution in [1.82, 2.24) is 26.7 Å². The Labute approximate surface area is 429 Å². The summed E-state index contributed by atoms with van der Waals surface area (Å²) in [5, 5.41) is 56.9. The third kappa shape index (κ3) is 17.4. The zero-order valence-electron chi connectivity index (χ0n) is 43.0. The number of carbonyl (C=O) groups is 2. The Bertz CT molecular complexity index is 2420. The van der Waals surface area contributed by atoms with Crippen molar-refractivity contribution in [3.63, 3.8) is 0 Å². The van der Waals surface area contributed by atoms with Gasteiger partial charge in [-0.15, -0.1) is 0 Å². The van der Waals surface area contributed by atoms with Crippen molar-refractivity contribution in [1.29, 1.82) is 0 Å². The molecule has 0 aromatic heterocycles. The summed E-state index contributed by atoms with van der Waals surface area (Å²) in [6.07, 6.45) is 3.68. The third-order valence-electron chi connectivity index (χ3n) is 14.2. The molecule has 0 unspecified atom stereocenters. The van der Waals surface area contributed by atoms with Crippen LogP contribution in [0.25, 0.3) is 0 Å². The fourth-order valence-corrected chi connectivity index (χ4v) is 9.95. The van der Waals surface area contributed by atoms with Gasteiger partial charge in [0.15, 0.2) is 0 Å². The van der Waals surface area contributed by atoms with Crippen molar-refractivity contribution >= 4 is 17.5 Å². The molecule has 9 N–H and O–H groups in total. The maximum Gasteiger partial charge on any atom is 0.217 e. The number of hydrogen-bond donors (Lipinski definition) is 9. The van der Waals surface area contributed by atoms with Crippen LogP contribution in [0.1, 0.15) is 148 Å². The smallest absolute Gasteiger partial charge is 0.217 e. The van der Waals surface area contributed by atoms with Gasteiger partial charge in [-0.3, -0.25) is 9.59 Å². The number of amides is 2. The average Bonchev–Trinajstić information content (AvgIpc) is 3.31. The Morgan fingerprint density at radius 1 is 0.630 bits per heavy atom. The van der Waals surface area contributed by atoms with Crippen LogP contribution in [0.3, 0.4) is 0 Å². The second-order valence-corrected chi connectivity index (χ2v) is 21.9. The molecule has 0 radical (unpaired) electrons. The molecule has 2 aliphatic rings. The summed E-state index contributed by atoms with van der Waals surface area (Å²) >= 11 is 0. The molecule has 12 nitrogen and oxygen atoms in total. The highest BCUT2D eigenvalue weighted by Crippen LogP contribution is 2.40. The van der Waals surface area contributed by atoms with Gasteiger partial charge >= 0.3 is 0 Å². The number of nitrogens with one attached hydrogen (secondary N) is 5. The second kappa shape index (κ2) is 26.3. The topological polar surface area (TPSA) is 188 Å². The Morgan fingerprint density at radius 3 is 1.33 bits per heavy atom. The monoisotopic (exact) mass is 1020 g/mol. The van der Waals surface area contributed by atoms with Gasteiger partial charge in [0.05, 0.1) is 30.0 Å². The summed E-state index contributed by atoms with van der Waals surface area (Å²) in [5.41, 5.74) is 7.44. The van der Waals surface area contributed by atoms with Gasteiger partial charge in [0.2, 0.25) is 11.8 Å². The molecule has 0 saturated heterocycles. The summed E-state index contributed by atoms with van der Waals surface area (Å²) in [6.45, 7) is 16.0. The molecule has 4 atom stereocenters. The highest BCUT2D eigenvalue weighted by molar-refractivity contribution is 5.85. The lowest BCUT2D eigenvalue weighted by molar-refractivity contribution is -0.121. The minimum atomic E-state index is -1.02. The molecule has 16 heteroatoms. The summed E-state index contributed by atoms with van der Waals surface area (Å²) in [5.74, 6) is -3.50. The zero-order chi connectivity index (χ0) is 53.0. The van der Waals surface area contributed by atoms with Crippen LogP contribution < -0.4 is 26.7 Å². The van der Waals surface area contributed by atoms with E-state index in [9.17, 15) is 47.8 Å². The van der Waals surface area contributed by atoms with Gasteiger partial charge < -0.3 is 41.9 Å². The van der Waals surface area contributed by atoms with Crippen LogP contribution in [-0.4, -0.2) is 81.6 Å². The predicted octanol–water partition coefficient (Wildman–Crippen LogP) is 9.27. The molecule has 2 aliphatic carbocycles. The van der Waals surface area contributed by atoms with E-state index in [2.05, 4.69) is 110 Å². The van der Waals surface area contributed by atoms with Gasteiger partial charge in [-0.2, -0.15) is 0 Å². The molecule has 0 spiro atoms. The average molecular weight is 1020 g/mol. The van der Waals surface area contributed by atoms with Crippen molar-refractivity contribution in [3.8, 4) is 0 Å². The summed E-state index contributed by atoms with van der Waals surface area (Å²) in [6, 6.07) is 21.8. The highest BCUT2D eigenvalue weighted by atomic mass is 19.1. The molecule has 73 heavy (non-hydrogen) atoms. The predicted molar refractivity (Wildman–Crippen MR) is 279 cm³/mol. The largest absolute Gasteiger partial charge is 0.411 e. The van der Waals surface area contributed by atoms with Crippen molar-refractivity contribution in [2.24, 2.45) is 5.16 Å². The van der Waals surface area contributed by atoms with Gasteiger partial charge in [0, 0.05) is 56.2 Å². The SMILES string of the molecule is C.CC(=O)N[C@@H](Cc1cc(F)cc(F)c1)[C@H](O)CNC1(c2cccc(C(C)(C)C)c2)CCC(=NO)CC1.CC(=O)N[C@@H](Cc1cc(F)cc(F)c1)[C@H](O)CNC1(c2cccc(C(C)(C)C)c2)CCC(NO)CC1. The first-order valence-corrected chi connectivity index (χ1v) is 25.0. The number of oxime groups is 1. The molecule has 2 saturated carbocycles. The second-order valence-electron chi connectivity index (χ2n) is 21.9. The number of benzene rings is 4. The van der Waals surface area contributed by atoms with Crippen molar-refractivity contribution in [3.05, 3.63) is 142 Å². The molecular formula is C57H80F4N6O6. The van der Waals surface area contributed by atoms with Gasteiger partial charge in [-0.05, 0) is 133 Å². The lowest BCUT2D eigenvalue weighted by Crippen LogP contribution is -2.54. The minimum absolute atomic E-state index is 0. The molecule has 2 fully saturated rings. The third-order valence-corrected chi connectivity index (χ3v) is 14.2. The normalized spacial score (nSPS) is 20.8. The summed E-state index contributed by atoms with van der Waals surface area (Å²) < 4.78 is 54.9. The number of carbonyl (C=O) groups excluding carboxylic acids is 2. The van der Waals surface area contributed by atoms with Crippen LogP contribution in [0.15, 0.2) is 90.1 Å². The van der Waals surface area contributed by atoms with Gasteiger partial charge in [-0.1, -0.05) is 103 Å². The zero-order valence-corrected chi connectivity index (χ0v) is 43.0. The van der Waals surface area contributed by atoms with Crippen LogP contribution in [0, 0.1) is 23.3 Å². The number of halogens is 4. The van der Waals surface area contributed by atoms with Crippen molar-refractivity contribution < 1.29 is 47.8 Å². The van der Waals surface area contributed by atoms with E-state index in [1.165, 1.54) is 49.2 Å². The number of aliphatic hydroxyl groups excluding tert-OH is 2. The molecule has 402 valence electrons. The Hall–Kier alpha value is -5.23. The molecule has 4 aromatic rings. The van der Waals surface area contributed by atoms with Crippen LogP contribution in [-0.2, 0) is 44.3 Å². The minimum Gasteiger partial charge on any atom is -0.411 e. The fourth-order valence-electron chi connectivity index (χ4n) is 9.95. The lowest BCUT2D eigenvalue weighted by atomic mass is 9.73. The first kappa shape index (κ1) is 60.3. The Kier molecular flexibility index (Phi) is 21.7. The molecule has 6 rings (SSSR count). The number of hydroxylamine groups is 1. The maximum absolute atomic E-state index is 13.7. The first-order chi connectivity index (χ1) is 33.8. The first-order valence-electron chi connectivity index (χ1n) is 25.0. The van der Waals surface area contributed by atoms with Gasteiger partial charge in [-0.25, -0.2) is 23.0 Å². The van der Waals surface area contributed by atoms with E-state index in [1.807, 2.05) is 12.1 Å². The summed E-state index contributed by atoms with van der Waals surface area (Å²) in [7, 11) is 0. The van der Waals surface area contributed by atoms with E-state index in [0.29, 0.717) is 36.8 Å². The van der Waals surface area contributed by atoms with E-state index in [4.69, 9.17) is 0 Å². The van der Waals surface area contributed by atoms with Crippen LogP contribution in [0.2, 0.25) is 0 Å². The molecule has 2 amide bonds. The van der Waals surface area contributed by atoms with E-state index >= 15 is 0 Å². The standard InChI is InChI=1S/C28H39F2N3O3.C28H37F2N3O3.CH4/c2*1-18(34)32-25(14-19-12-22(29)16-23(30)13-19)26(35)17-31-28(10-8-24(33-36)9-11-28)21-7-5-6-20(15-21)27(2,3)4;/h5-7,12-13,15-16,24-26,31,33,35-36H,8-11,14,17H2,1-4H3,(H,32,34);5-7,12-13,15-16,25-26,31,35-36H,8-11,14,17H2,1-4H3,(H,32,34);1H4/t24?,25-,26+,28?;25-,26+,28?;/m00./s1. The van der Waals surface area contributed by atoms with E-state index in [-0.39, 0.29) is 62.0 Å². The molecular weight excluding hydrogens is 941 g/mol. The van der Waals surface area contributed by atoms with E-state index < -0.39 is 58.6 Å². The van der Waals surface area contributed by atoms with Crippen LogP contribution in [0.4, 0.5) is 17.6 Å². The quantitative estimate of drug-likeness (QED) is 0.0282. The number of hydrogen-bond acceptors (Lipinski definition) is 10. The highest BCUT2D eigenvalue weighted by Gasteiger charge is 2.39. The van der Waals surface area contributed by atoms with E-state index in [1.54, 1.807) is 0 Å². The fraction of sp³-hybridized carbons (Fsp3) is 0.526. The van der Waals surface area contributed by atoms with Crippen molar-refractivity contribution in [2.75, 3.05) is 13.1 Å². The number of rotatable bonds is 17. The Balaban J connectivity index is 0.000000312. The number of nitrogens with zero attached hydrogens (tertiary/aromatic N) is 1. The molecule has 0 aliphatic heterocycles. The van der Waals surface area contributed by atoms with Crippen LogP contribution in [0.5, 0.6) is 0 Å². The van der Waals surface area contributed by atoms with Crippen molar-refractivity contribution in [2.45, 2.75) is 179 Å². The summed E-state index contributed by atoms with van der Waals surface area (Å²) in [4.78, 5) is 23.7. The van der Waals surface area contributed by atoms with Gasteiger partial charge in [0.25, 0.3) is 0 Å². The lowest BCUT2D eigenvalue weighted by Gasteiger charge is -2.42. The molecule has 0 bridgehead atoms. The number of aliphatic hydroxyl groups is 2. The Morgan fingerprint density at radius 2 is 1.00 bits per heavy atom. The molecule has 4 aromatic carbocycles. The van der Waals surface area contributed by atoms with E-state index in [0.717, 1.165) is 54.7 Å². The maximum atomic E-state index is 13.7.